The van der Waals surface area contributed by atoms with E-state index >= 15 is 0 Å². The molecule has 2 heterocycles. The number of nitrogens with zero attached hydrogens (tertiary/aromatic N) is 4. The molecule has 3 rings (SSSR count). The summed E-state index contributed by atoms with van der Waals surface area (Å²) in [6.07, 6.45) is 5.18. The van der Waals surface area contributed by atoms with E-state index in [9.17, 15) is 9.59 Å². The fourth-order valence-corrected chi connectivity index (χ4v) is 3.04. The highest BCUT2D eigenvalue weighted by Gasteiger charge is 2.22. The zero-order valence-electron chi connectivity index (χ0n) is 13.7. The third-order valence-electron chi connectivity index (χ3n) is 4.32. The smallest absolute Gasteiger partial charge is 0.238 e. The largest absolute Gasteiger partial charge is 0.324 e. The minimum absolute atomic E-state index is 0.0560. The lowest BCUT2D eigenvalue weighted by molar-refractivity contribution is -0.117. The van der Waals surface area contributed by atoms with Crippen LogP contribution >= 0.6 is 0 Å². The molecular weight excluding hydrogens is 306 g/mol. The highest BCUT2D eigenvalue weighted by Crippen LogP contribution is 2.21. The Hall–Kier alpha value is -2.54. The number of hydrogen-bond acceptors (Lipinski definition) is 5. The van der Waals surface area contributed by atoms with Crippen LogP contribution in [0.2, 0.25) is 0 Å². The second-order valence-corrected chi connectivity index (χ2v) is 6.03. The van der Waals surface area contributed by atoms with E-state index in [0.29, 0.717) is 23.8 Å². The number of hydrogen-bond donors (Lipinski definition) is 1. The van der Waals surface area contributed by atoms with E-state index in [4.69, 9.17) is 0 Å². The van der Waals surface area contributed by atoms with Crippen molar-refractivity contribution in [2.75, 3.05) is 25.0 Å². The molecule has 2 aromatic rings. The van der Waals surface area contributed by atoms with E-state index in [0.717, 1.165) is 25.9 Å². The summed E-state index contributed by atoms with van der Waals surface area (Å²) in [7, 11) is 0. The second-order valence-electron chi connectivity index (χ2n) is 6.03. The molecule has 1 aliphatic heterocycles. The van der Waals surface area contributed by atoms with Crippen molar-refractivity contribution in [3.05, 3.63) is 42.5 Å². The standard InChI is InChI=1S/C17H21N5O2/c1-13(23)15-4-2-3-5-16(15)20-17(24)10-21-8-6-14(7-9-21)22-12-18-11-19-22/h2-5,11-12,14H,6-10H2,1H3,(H,20,24). The third kappa shape index (κ3) is 3.86. The maximum Gasteiger partial charge on any atom is 0.238 e. The average molecular weight is 327 g/mol. The quantitative estimate of drug-likeness (QED) is 0.846. The molecule has 1 saturated heterocycles. The SMILES string of the molecule is CC(=O)c1ccccc1NC(=O)CN1CCC(n2cncn2)CC1. The molecule has 0 unspecified atom stereocenters. The molecule has 0 aliphatic carbocycles. The van der Waals surface area contributed by atoms with E-state index in [1.165, 1.54) is 6.92 Å². The number of anilines is 1. The summed E-state index contributed by atoms with van der Waals surface area (Å²) in [6, 6.07) is 7.44. The van der Waals surface area contributed by atoms with Crippen LogP contribution in [0.5, 0.6) is 0 Å². The lowest BCUT2D eigenvalue weighted by atomic mass is 10.1. The number of nitrogens with one attached hydrogen (secondary N) is 1. The fourth-order valence-electron chi connectivity index (χ4n) is 3.04. The van der Waals surface area contributed by atoms with Crippen molar-refractivity contribution in [3.8, 4) is 0 Å². The first-order chi connectivity index (χ1) is 11.6. The van der Waals surface area contributed by atoms with E-state index in [1.807, 2.05) is 10.7 Å². The predicted molar refractivity (Wildman–Crippen MR) is 89.8 cm³/mol. The summed E-state index contributed by atoms with van der Waals surface area (Å²) in [5.74, 6) is -0.151. The summed E-state index contributed by atoms with van der Waals surface area (Å²) < 4.78 is 1.89. The molecule has 1 aliphatic rings. The van der Waals surface area contributed by atoms with Gasteiger partial charge in [0.15, 0.2) is 5.78 Å². The first-order valence-electron chi connectivity index (χ1n) is 8.10. The monoisotopic (exact) mass is 327 g/mol. The average Bonchev–Trinajstić information content (AvgIpc) is 3.10. The number of para-hydroxylation sites is 1. The summed E-state index contributed by atoms with van der Waals surface area (Å²) in [5.41, 5.74) is 1.11. The zero-order valence-corrected chi connectivity index (χ0v) is 13.7. The van der Waals surface area contributed by atoms with Gasteiger partial charge in [-0.05, 0) is 31.9 Å². The van der Waals surface area contributed by atoms with Gasteiger partial charge in [-0.1, -0.05) is 12.1 Å². The van der Waals surface area contributed by atoms with Crippen molar-refractivity contribution in [2.45, 2.75) is 25.8 Å². The van der Waals surface area contributed by atoms with Crippen LogP contribution in [0.3, 0.4) is 0 Å². The molecular formula is C17H21N5O2. The maximum atomic E-state index is 12.3. The lowest BCUT2D eigenvalue weighted by Gasteiger charge is -2.31. The van der Waals surface area contributed by atoms with E-state index in [-0.39, 0.29) is 11.7 Å². The van der Waals surface area contributed by atoms with Crippen LogP contribution in [0, 0.1) is 0 Å². The number of ketones is 1. The summed E-state index contributed by atoms with van der Waals surface area (Å²) in [5, 5.41) is 7.03. The van der Waals surface area contributed by atoms with Gasteiger partial charge in [-0.15, -0.1) is 0 Å². The highest BCUT2D eigenvalue weighted by atomic mass is 16.2. The number of likely N-dealkylation sites (tertiary alicyclic amines) is 1. The van der Waals surface area contributed by atoms with Gasteiger partial charge in [-0.3, -0.25) is 14.5 Å². The van der Waals surface area contributed by atoms with Crippen molar-refractivity contribution < 1.29 is 9.59 Å². The number of amides is 1. The number of carbonyl (C=O) groups is 2. The van der Waals surface area contributed by atoms with Crippen molar-refractivity contribution >= 4 is 17.4 Å². The molecule has 0 atom stereocenters. The van der Waals surface area contributed by atoms with Crippen LogP contribution in [0.25, 0.3) is 0 Å². The van der Waals surface area contributed by atoms with E-state index in [2.05, 4.69) is 20.3 Å². The Kier molecular flexibility index (Phi) is 5.00. The molecule has 1 aromatic heterocycles. The van der Waals surface area contributed by atoms with Crippen LogP contribution in [-0.4, -0.2) is 51.0 Å². The zero-order chi connectivity index (χ0) is 16.9. The molecule has 1 fully saturated rings. The molecule has 1 N–H and O–H groups in total. The van der Waals surface area contributed by atoms with Crippen molar-refractivity contribution in [2.24, 2.45) is 0 Å². The first kappa shape index (κ1) is 16.3. The van der Waals surface area contributed by atoms with Crippen LogP contribution in [0.4, 0.5) is 5.69 Å². The molecule has 0 radical (unpaired) electrons. The van der Waals surface area contributed by atoms with Crippen LogP contribution < -0.4 is 5.32 Å². The topological polar surface area (TPSA) is 80.1 Å². The van der Waals surface area contributed by atoms with Gasteiger partial charge in [0, 0.05) is 18.7 Å². The minimum atomic E-state index is -0.0945. The molecule has 0 bridgehead atoms. The van der Waals surface area contributed by atoms with Gasteiger partial charge in [0.2, 0.25) is 5.91 Å². The summed E-state index contributed by atoms with van der Waals surface area (Å²) in [6.45, 7) is 3.51. The molecule has 1 aromatic carbocycles. The number of benzene rings is 1. The number of Topliss-reactive ketones (excluding diaryl/α,β-unsaturated/α-hetero) is 1. The molecule has 0 spiro atoms. The number of rotatable bonds is 5. The van der Waals surface area contributed by atoms with Crippen molar-refractivity contribution in [1.29, 1.82) is 0 Å². The molecule has 7 heteroatoms. The Morgan fingerprint density at radius 1 is 1.25 bits per heavy atom. The third-order valence-corrected chi connectivity index (χ3v) is 4.32. The Labute approximate surface area is 140 Å². The highest BCUT2D eigenvalue weighted by molar-refractivity contribution is 6.04. The summed E-state index contributed by atoms with van der Waals surface area (Å²) >= 11 is 0. The van der Waals surface area contributed by atoms with Crippen LogP contribution in [0.15, 0.2) is 36.9 Å². The van der Waals surface area contributed by atoms with E-state index in [1.54, 1.807) is 30.9 Å². The van der Waals surface area contributed by atoms with Crippen molar-refractivity contribution in [1.82, 2.24) is 19.7 Å². The number of aromatic nitrogens is 3. The van der Waals surface area contributed by atoms with Gasteiger partial charge in [0.1, 0.15) is 12.7 Å². The second kappa shape index (κ2) is 7.35. The predicted octanol–water partition coefficient (Wildman–Crippen LogP) is 1.76. The Bertz CT molecular complexity index is 706. The van der Waals surface area contributed by atoms with Gasteiger partial charge in [0.25, 0.3) is 0 Å². The lowest BCUT2D eigenvalue weighted by Crippen LogP contribution is -2.39. The molecule has 7 nitrogen and oxygen atoms in total. The normalized spacial score (nSPS) is 16.0. The molecule has 1 amide bonds. The molecule has 24 heavy (non-hydrogen) atoms. The Morgan fingerprint density at radius 2 is 2.00 bits per heavy atom. The summed E-state index contributed by atoms with van der Waals surface area (Å²) in [4.78, 5) is 30.0. The van der Waals surface area contributed by atoms with Crippen molar-refractivity contribution in [3.63, 3.8) is 0 Å². The maximum absolute atomic E-state index is 12.3. The minimum Gasteiger partial charge on any atom is -0.324 e. The van der Waals surface area contributed by atoms with Gasteiger partial charge < -0.3 is 5.32 Å². The van der Waals surface area contributed by atoms with Crippen LogP contribution in [0.1, 0.15) is 36.2 Å². The Balaban J connectivity index is 1.52. The molecule has 0 saturated carbocycles. The molecule has 126 valence electrons. The van der Waals surface area contributed by atoms with Gasteiger partial charge >= 0.3 is 0 Å². The van der Waals surface area contributed by atoms with Gasteiger partial charge in [-0.25, -0.2) is 9.67 Å². The van der Waals surface area contributed by atoms with Crippen LogP contribution in [-0.2, 0) is 4.79 Å². The number of carbonyl (C=O) groups excluding carboxylic acids is 2. The number of piperidine rings is 1. The fraction of sp³-hybridized carbons (Fsp3) is 0.412. The van der Waals surface area contributed by atoms with Gasteiger partial charge in [0.05, 0.1) is 18.3 Å². The van der Waals surface area contributed by atoms with Gasteiger partial charge in [-0.2, -0.15) is 5.10 Å². The Morgan fingerprint density at radius 3 is 2.67 bits per heavy atom. The van der Waals surface area contributed by atoms with E-state index < -0.39 is 0 Å². The first-order valence-corrected chi connectivity index (χ1v) is 8.10.